The molecular formula is C30H38N2O2. The van der Waals surface area contributed by atoms with E-state index in [1.54, 1.807) is 0 Å². The van der Waals surface area contributed by atoms with Gasteiger partial charge in [0.15, 0.2) is 12.6 Å². The summed E-state index contributed by atoms with van der Waals surface area (Å²) in [6, 6.07) is 8.53. The van der Waals surface area contributed by atoms with Crippen LogP contribution in [0.5, 0.6) is 0 Å². The van der Waals surface area contributed by atoms with E-state index >= 15 is 0 Å². The Morgan fingerprint density at radius 1 is 0.706 bits per heavy atom. The van der Waals surface area contributed by atoms with Crippen molar-refractivity contribution in [3.63, 3.8) is 0 Å². The number of rotatable bonds is 12. The van der Waals surface area contributed by atoms with Gasteiger partial charge >= 0.3 is 0 Å². The second-order valence-corrected chi connectivity index (χ2v) is 9.68. The molecule has 4 nitrogen and oxygen atoms in total. The van der Waals surface area contributed by atoms with Gasteiger partial charge in [0.05, 0.1) is 22.4 Å². The summed E-state index contributed by atoms with van der Waals surface area (Å²) in [6.45, 7) is 8.85. The van der Waals surface area contributed by atoms with Crippen molar-refractivity contribution in [2.75, 3.05) is 0 Å². The van der Waals surface area contributed by atoms with Crippen molar-refractivity contribution in [2.24, 2.45) is 0 Å². The minimum absolute atomic E-state index is 0.322. The Morgan fingerprint density at radius 2 is 1.12 bits per heavy atom. The highest BCUT2D eigenvalue weighted by Gasteiger charge is 2.27. The van der Waals surface area contributed by atoms with Gasteiger partial charge in [-0.1, -0.05) is 77.6 Å². The first kappa shape index (κ1) is 24.3. The van der Waals surface area contributed by atoms with Crippen molar-refractivity contribution in [1.82, 2.24) is 9.97 Å². The van der Waals surface area contributed by atoms with Crippen LogP contribution in [-0.4, -0.2) is 22.5 Å². The Balaban J connectivity index is 2.14. The highest BCUT2D eigenvalue weighted by molar-refractivity contribution is 6.27. The van der Waals surface area contributed by atoms with Crippen LogP contribution in [0.3, 0.4) is 0 Å². The average molecular weight is 459 g/mol. The number of unbranched alkanes of at least 4 members (excludes halogenated alkanes) is 2. The van der Waals surface area contributed by atoms with Gasteiger partial charge in [0, 0.05) is 10.8 Å². The topological polar surface area (TPSA) is 65.7 Å². The number of aromatic amines is 2. The summed E-state index contributed by atoms with van der Waals surface area (Å²) < 4.78 is 0. The second kappa shape index (κ2) is 10.6. The maximum absolute atomic E-state index is 12.3. The lowest BCUT2D eigenvalue weighted by molar-refractivity contribution is 0.111. The molecule has 2 aromatic heterocycles. The third kappa shape index (κ3) is 3.97. The first-order chi connectivity index (χ1) is 16.6. The fourth-order valence-electron chi connectivity index (χ4n) is 5.96. The SMILES string of the molecule is CCCCC(CC)c1c(C=O)[nH]c2c3[nH]c(C=O)c(C(CC)CCCC)c3c3ccccc3c12. The zero-order valence-electron chi connectivity index (χ0n) is 21.1. The molecule has 0 amide bonds. The third-order valence-electron chi connectivity index (χ3n) is 7.70. The van der Waals surface area contributed by atoms with Crippen LogP contribution in [0.4, 0.5) is 0 Å². The van der Waals surface area contributed by atoms with E-state index in [0.29, 0.717) is 23.2 Å². The van der Waals surface area contributed by atoms with Gasteiger partial charge in [0.2, 0.25) is 0 Å². The zero-order valence-corrected chi connectivity index (χ0v) is 21.1. The molecular weight excluding hydrogens is 420 g/mol. The number of carbonyl (C=O) groups is 2. The zero-order chi connectivity index (χ0) is 24.2. The number of benzene rings is 2. The molecule has 0 spiro atoms. The highest BCUT2D eigenvalue weighted by atomic mass is 16.1. The van der Waals surface area contributed by atoms with Gasteiger partial charge in [-0.05, 0) is 59.4 Å². The first-order valence-electron chi connectivity index (χ1n) is 13.2. The molecule has 2 heterocycles. The van der Waals surface area contributed by atoms with E-state index in [0.717, 1.165) is 96.9 Å². The van der Waals surface area contributed by atoms with Gasteiger partial charge in [0.1, 0.15) is 0 Å². The Bertz CT molecular complexity index is 1210. The minimum atomic E-state index is 0.322. The van der Waals surface area contributed by atoms with Crippen molar-refractivity contribution in [3.8, 4) is 0 Å². The second-order valence-electron chi connectivity index (χ2n) is 9.68. The summed E-state index contributed by atoms with van der Waals surface area (Å²) in [4.78, 5) is 31.5. The maximum Gasteiger partial charge on any atom is 0.166 e. The van der Waals surface area contributed by atoms with Gasteiger partial charge in [0.25, 0.3) is 0 Å². The van der Waals surface area contributed by atoms with Gasteiger partial charge in [-0.2, -0.15) is 0 Å². The highest BCUT2D eigenvalue weighted by Crippen LogP contribution is 2.45. The Morgan fingerprint density at radius 3 is 1.44 bits per heavy atom. The molecule has 0 saturated carbocycles. The molecule has 0 radical (unpaired) electrons. The summed E-state index contributed by atoms with van der Waals surface area (Å²) in [5, 5.41) is 4.62. The Labute approximate surface area is 202 Å². The number of nitrogens with one attached hydrogen (secondary N) is 2. The summed E-state index contributed by atoms with van der Waals surface area (Å²) in [7, 11) is 0. The van der Waals surface area contributed by atoms with Crippen LogP contribution in [-0.2, 0) is 0 Å². The summed E-state index contributed by atoms with van der Waals surface area (Å²) in [6.07, 6.45) is 10.6. The number of hydrogen-bond donors (Lipinski definition) is 2. The van der Waals surface area contributed by atoms with Crippen molar-refractivity contribution in [2.45, 2.75) is 90.9 Å². The predicted octanol–water partition coefficient (Wildman–Crippen LogP) is 8.80. The molecule has 2 aromatic carbocycles. The first-order valence-corrected chi connectivity index (χ1v) is 13.2. The number of fused-ring (bicyclic) bond motifs is 6. The lowest BCUT2D eigenvalue weighted by atomic mass is 9.85. The fraction of sp³-hybridized carbons (Fsp3) is 0.467. The van der Waals surface area contributed by atoms with E-state index < -0.39 is 0 Å². The smallest absolute Gasteiger partial charge is 0.166 e. The molecule has 0 bridgehead atoms. The normalized spacial score (nSPS) is 13.6. The van der Waals surface area contributed by atoms with Crippen LogP contribution in [0.1, 0.15) is 123 Å². The van der Waals surface area contributed by atoms with Crippen molar-refractivity contribution >= 4 is 45.2 Å². The molecule has 2 atom stereocenters. The monoisotopic (exact) mass is 458 g/mol. The van der Waals surface area contributed by atoms with Crippen LogP contribution in [0.2, 0.25) is 0 Å². The van der Waals surface area contributed by atoms with Crippen LogP contribution >= 0.6 is 0 Å². The van der Waals surface area contributed by atoms with Crippen LogP contribution in [0, 0.1) is 0 Å². The van der Waals surface area contributed by atoms with Crippen LogP contribution in [0.15, 0.2) is 24.3 Å². The fourth-order valence-corrected chi connectivity index (χ4v) is 5.96. The van der Waals surface area contributed by atoms with Crippen molar-refractivity contribution in [1.29, 1.82) is 0 Å². The van der Waals surface area contributed by atoms with Gasteiger partial charge < -0.3 is 9.97 Å². The summed E-state index contributed by atoms with van der Waals surface area (Å²) >= 11 is 0. The number of carbonyl (C=O) groups excluding carboxylic acids is 2. The van der Waals surface area contributed by atoms with E-state index in [9.17, 15) is 9.59 Å². The number of H-pyrrole nitrogens is 2. The molecule has 4 rings (SSSR count). The Hall–Kier alpha value is -2.88. The molecule has 0 aliphatic heterocycles. The molecule has 4 heteroatoms. The van der Waals surface area contributed by atoms with E-state index in [1.165, 1.54) is 10.8 Å². The third-order valence-corrected chi connectivity index (χ3v) is 7.70. The molecule has 2 N–H and O–H groups in total. The lowest BCUT2D eigenvalue weighted by Gasteiger charge is -2.18. The molecule has 34 heavy (non-hydrogen) atoms. The largest absolute Gasteiger partial charge is 0.350 e. The molecule has 180 valence electrons. The van der Waals surface area contributed by atoms with Crippen molar-refractivity contribution in [3.05, 3.63) is 46.8 Å². The van der Waals surface area contributed by atoms with E-state index in [-0.39, 0.29) is 0 Å². The molecule has 0 fully saturated rings. The molecule has 0 aliphatic carbocycles. The van der Waals surface area contributed by atoms with Crippen LogP contribution in [0.25, 0.3) is 32.6 Å². The standard InChI is InChI=1S/C30H38N2O2/c1-5-9-13-19(7-3)25-23(17-33)31-29-27(25)21-15-11-12-16-22(21)28-26(20(8-4)14-10-6-2)24(18-34)32-30(28)29/h11-12,15-20,31-32H,5-10,13-14H2,1-4H3. The van der Waals surface area contributed by atoms with Gasteiger partial charge in [-0.25, -0.2) is 0 Å². The molecule has 2 unspecified atom stereocenters. The summed E-state index contributed by atoms with van der Waals surface area (Å²) in [5.74, 6) is 0.644. The molecule has 4 aromatic rings. The predicted molar refractivity (Wildman–Crippen MR) is 144 cm³/mol. The van der Waals surface area contributed by atoms with E-state index in [1.807, 2.05) is 0 Å². The van der Waals surface area contributed by atoms with E-state index in [4.69, 9.17) is 0 Å². The van der Waals surface area contributed by atoms with Crippen molar-refractivity contribution < 1.29 is 9.59 Å². The molecule has 0 aliphatic rings. The van der Waals surface area contributed by atoms with E-state index in [2.05, 4.69) is 61.9 Å². The Kier molecular flexibility index (Phi) is 7.55. The molecule has 0 saturated heterocycles. The lowest BCUT2D eigenvalue weighted by Crippen LogP contribution is -2.01. The number of aromatic nitrogens is 2. The summed E-state index contributed by atoms with van der Waals surface area (Å²) in [5.41, 5.74) is 5.55. The van der Waals surface area contributed by atoms with Crippen LogP contribution < -0.4 is 0 Å². The average Bonchev–Trinajstić information content (AvgIpc) is 3.45. The number of hydrogen-bond acceptors (Lipinski definition) is 2. The van der Waals surface area contributed by atoms with Gasteiger partial charge in [-0.3, -0.25) is 9.59 Å². The maximum atomic E-state index is 12.3. The number of aldehydes is 2. The van der Waals surface area contributed by atoms with Gasteiger partial charge in [-0.15, -0.1) is 0 Å². The minimum Gasteiger partial charge on any atom is -0.350 e. The quantitative estimate of drug-likeness (QED) is 0.208.